The number of benzene rings is 1. The van der Waals surface area contributed by atoms with Crippen LogP contribution >= 0.6 is 22.7 Å². The molecule has 1 atom stereocenters. The lowest BCUT2D eigenvalue weighted by Gasteiger charge is -2.14. The lowest BCUT2D eigenvalue weighted by Crippen LogP contribution is -2.25. The highest BCUT2D eigenvalue weighted by molar-refractivity contribution is 7.21. The standard InChI is InChI=1S/C17H14N2O3S2/c1-10(11-4-5-12-13(7-11)22-9-21-12)19-16(20)15-8-18-17(24-15)14-3-2-6-23-14/h2-8,10H,9H2,1H3,(H,19,20). The zero-order chi connectivity index (χ0) is 16.5. The first-order valence-corrected chi connectivity index (χ1v) is 9.10. The molecule has 1 unspecified atom stereocenters. The van der Waals surface area contributed by atoms with Crippen LogP contribution in [0.5, 0.6) is 11.5 Å². The van der Waals surface area contributed by atoms with Crippen molar-refractivity contribution in [3.05, 3.63) is 52.3 Å². The van der Waals surface area contributed by atoms with Gasteiger partial charge in [-0.15, -0.1) is 22.7 Å². The second kappa shape index (κ2) is 6.26. The number of hydrogen-bond donors (Lipinski definition) is 1. The van der Waals surface area contributed by atoms with Gasteiger partial charge in [0.1, 0.15) is 9.88 Å². The molecule has 1 N–H and O–H groups in total. The predicted octanol–water partition coefficient (Wildman–Crippen LogP) is 4.09. The van der Waals surface area contributed by atoms with E-state index >= 15 is 0 Å². The molecule has 0 fully saturated rings. The van der Waals surface area contributed by atoms with E-state index in [1.165, 1.54) is 11.3 Å². The minimum absolute atomic E-state index is 0.125. The summed E-state index contributed by atoms with van der Waals surface area (Å²) in [6, 6.07) is 9.53. The molecule has 1 amide bonds. The summed E-state index contributed by atoms with van der Waals surface area (Å²) in [7, 11) is 0. The van der Waals surface area contributed by atoms with Gasteiger partial charge in [0, 0.05) is 0 Å². The third kappa shape index (κ3) is 2.88. The normalized spacial score (nSPS) is 13.7. The molecule has 1 aromatic carbocycles. The second-order valence-corrected chi connectivity index (χ2v) is 7.29. The van der Waals surface area contributed by atoms with E-state index in [-0.39, 0.29) is 18.7 Å². The van der Waals surface area contributed by atoms with Crippen LogP contribution in [0.4, 0.5) is 0 Å². The van der Waals surface area contributed by atoms with Crippen molar-refractivity contribution >= 4 is 28.6 Å². The van der Waals surface area contributed by atoms with Crippen LogP contribution < -0.4 is 14.8 Å². The third-order valence-electron chi connectivity index (χ3n) is 3.71. The summed E-state index contributed by atoms with van der Waals surface area (Å²) in [6.45, 7) is 2.18. The summed E-state index contributed by atoms with van der Waals surface area (Å²) < 4.78 is 10.7. The molecular formula is C17H14N2O3S2. The number of carbonyl (C=O) groups is 1. The monoisotopic (exact) mass is 358 g/mol. The average Bonchev–Trinajstić information content (AvgIpc) is 3.32. The van der Waals surface area contributed by atoms with Gasteiger partial charge < -0.3 is 14.8 Å². The summed E-state index contributed by atoms with van der Waals surface area (Å²) in [5, 5.41) is 5.87. The van der Waals surface area contributed by atoms with E-state index in [9.17, 15) is 4.79 Å². The Morgan fingerprint density at radius 1 is 1.29 bits per heavy atom. The Morgan fingerprint density at radius 2 is 2.17 bits per heavy atom. The van der Waals surface area contributed by atoms with E-state index in [4.69, 9.17) is 9.47 Å². The molecular weight excluding hydrogens is 344 g/mol. The number of ether oxygens (including phenoxy) is 2. The fourth-order valence-corrected chi connectivity index (χ4v) is 4.05. The van der Waals surface area contributed by atoms with Gasteiger partial charge in [-0.1, -0.05) is 12.1 Å². The Kier molecular flexibility index (Phi) is 3.95. The van der Waals surface area contributed by atoms with E-state index in [0.717, 1.165) is 21.2 Å². The van der Waals surface area contributed by atoms with Crippen LogP contribution in [0.25, 0.3) is 9.88 Å². The summed E-state index contributed by atoms with van der Waals surface area (Å²) in [5.74, 6) is 1.33. The summed E-state index contributed by atoms with van der Waals surface area (Å²) in [5.41, 5.74) is 0.968. The van der Waals surface area contributed by atoms with Crippen LogP contribution in [0.2, 0.25) is 0 Å². The molecule has 5 nitrogen and oxygen atoms in total. The minimum atomic E-state index is -0.140. The molecule has 0 saturated carbocycles. The molecule has 3 aromatic rings. The number of nitrogens with one attached hydrogen (secondary N) is 1. The van der Waals surface area contributed by atoms with Crippen molar-refractivity contribution in [1.82, 2.24) is 10.3 Å². The maximum Gasteiger partial charge on any atom is 0.263 e. The fourth-order valence-electron chi connectivity index (χ4n) is 2.43. The van der Waals surface area contributed by atoms with Crippen LogP contribution in [-0.2, 0) is 0 Å². The maximum atomic E-state index is 12.5. The number of hydrogen-bond acceptors (Lipinski definition) is 6. The van der Waals surface area contributed by atoms with Crippen molar-refractivity contribution < 1.29 is 14.3 Å². The molecule has 0 radical (unpaired) electrons. The molecule has 1 aliphatic heterocycles. The van der Waals surface area contributed by atoms with Crippen molar-refractivity contribution in [2.24, 2.45) is 0 Å². The highest BCUT2D eigenvalue weighted by Crippen LogP contribution is 2.34. The zero-order valence-corrected chi connectivity index (χ0v) is 14.4. The van der Waals surface area contributed by atoms with Gasteiger partial charge >= 0.3 is 0 Å². The number of fused-ring (bicyclic) bond motifs is 1. The highest BCUT2D eigenvalue weighted by atomic mass is 32.1. The van der Waals surface area contributed by atoms with Gasteiger partial charge in [0.25, 0.3) is 5.91 Å². The number of rotatable bonds is 4. The molecule has 122 valence electrons. The number of thiophene rings is 1. The van der Waals surface area contributed by atoms with E-state index in [0.29, 0.717) is 10.6 Å². The lowest BCUT2D eigenvalue weighted by molar-refractivity contribution is 0.0943. The van der Waals surface area contributed by atoms with Gasteiger partial charge in [0.15, 0.2) is 11.5 Å². The molecule has 2 aromatic heterocycles. The second-order valence-electron chi connectivity index (χ2n) is 5.31. The SMILES string of the molecule is CC(NC(=O)c1cnc(-c2cccs2)s1)c1ccc2c(c1)OCO2. The Balaban J connectivity index is 1.47. The third-order valence-corrected chi connectivity index (χ3v) is 5.74. The number of amides is 1. The Bertz CT molecular complexity index is 874. The van der Waals surface area contributed by atoms with Gasteiger partial charge in [-0.25, -0.2) is 4.98 Å². The minimum Gasteiger partial charge on any atom is -0.454 e. The molecule has 0 aliphatic carbocycles. The Morgan fingerprint density at radius 3 is 3.00 bits per heavy atom. The molecule has 1 aliphatic rings. The van der Waals surface area contributed by atoms with Crippen LogP contribution in [0, 0.1) is 0 Å². The van der Waals surface area contributed by atoms with E-state index in [1.54, 1.807) is 17.5 Å². The quantitative estimate of drug-likeness (QED) is 0.763. The lowest BCUT2D eigenvalue weighted by atomic mass is 10.1. The molecule has 24 heavy (non-hydrogen) atoms. The molecule has 0 bridgehead atoms. The van der Waals surface area contributed by atoms with Crippen LogP contribution in [0.3, 0.4) is 0 Å². The molecule has 7 heteroatoms. The average molecular weight is 358 g/mol. The largest absolute Gasteiger partial charge is 0.454 e. The van der Waals surface area contributed by atoms with Gasteiger partial charge in [-0.05, 0) is 36.1 Å². The maximum absolute atomic E-state index is 12.5. The number of thiazole rings is 1. The molecule has 4 rings (SSSR count). The first kappa shape index (κ1) is 15.2. The first-order valence-electron chi connectivity index (χ1n) is 7.41. The van der Waals surface area contributed by atoms with Crippen molar-refractivity contribution in [3.8, 4) is 21.4 Å². The fraction of sp³-hybridized carbons (Fsp3) is 0.176. The zero-order valence-electron chi connectivity index (χ0n) is 12.8. The van der Waals surface area contributed by atoms with E-state index < -0.39 is 0 Å². The van der Waals surface area contributed by atoms with Gasteiger partial charge in [-0.2, -0.15) is 0 Å². The number of carbonyl (C=O) groups excluding carboxylic acids is 1. The van der Waals surface area contributed by atoms with Gasteiger partial charge in [0.2, 0.25) is 6.79 Å². The topological polar surface area (TPSA) is 60.5 Å². The van der Waals surface area contributed by atoms with Crippen molar-refractivity contribution in [1.29, 1.82) is 0 Å². The molecule has 0 spiro atoms. The van der Waals surface area contributed by atoms with Crippen molar-refractivity contribution in [3.63, 3.8) is 0 Å². The Labute approximate surface area is 146 Å². The summed E-state index contributed by atoms with van der Waals surface area (Å²) in [4.78, 5) is 18.5. The number of nitrogens with zero attached hydrogens (tertiary/aromatic N) is 1. The summed E-state index contributed by atoms with van der Waals surface area (Å²) >= 11 is 3.01. The van der Waals surface area contributed by atoms with Crippen molar-refractivity contribution in [2.75, 3.05) is 6.79 Å². The Hall–Kier alpha value is -2.38. The first-order chi connectivity index (χ1) is 11.7. The molecule has 3 heterocycles. The molecule has 0 saturated heterocycles. The number of aromatic nitrogens is 1. The van der Waals surface area contributed by atoms with E-state index in [2.05, 4.69) is 10.3 Å². The predicted molar refractivity (Wildman–Crippen MR) is 93.9 cm³/mol. The smallest absolute Gasteiger partial charge is 0.263 e. The van der Waals surface area contributed by atoms with Crippen molar-refractivity contribution in [2.45, 2.75) is 13.0 Å². The van der Waals surface area contributed by atoms with Crippen LogP contribution in [-0.4, -0.2) is 17.7 Å². The summed E-state index contributed by atoms with van der Waals surface area (Å²) in [6.07, 6.45) is 1.63. The van der Waals surface area contributed by atoms with Gasteiger partial charge in [0.05, 0.1) is 17.1 Å². The van der Waals surface area contributed by atoms with Gasteiger partial charge in [-0.3, -0.25) is 4.79 Å². The van der Waals surface area contributed by atoms with E-state index in [1.807, 2.05) is 42.6 Å². The van der Waals surface area contributed by atoms with Crippen LogP contribution in [0.1, 0.15) is 28.2 Å². The van der Waals surface area contributed by atoms with Crippen LogP contribution in [0.15, 0.2) is 41.9 Å². The highest BCUT2D eigenvalue weighted by Gasteiger charge is 2.18.